The van der Waals surface area contributed by atoms with E-state index in [1.165, 1.54) is 16.9 Å². The third-order valence-corrected chi connectivity index (χ3v) is 3.99. The summed E-state index contributed by atoms with van der Waals surface area (Å²) >= 11 is 3.58. The van der Waals surface area contributed by atoms with Gasteiger partial charge in [-0.15, -0.1) is 0 Å². The van der Waals surface area contributed by atoms with E-state index in [9.17, 15) is 0 Å². The molecule has 0 bridgehead atoms. The standard InChI is InChI=1S/C16H19BrN2/c1-3-19(13-9-7-12(2)8-10-13)16-6-4-5-15(17)14(16)11-18/h4-10H,3,11,18H2,1-2H3. The van der Waals surface area contributed by atoms with Gasteiger partial charge in [-0.25, -0.2) is 0 Å². The lowest BCUT2D eigenvalue weighted by Crippen LogP contribution is -2.18. The first-order chi connectivity index (χ1) is 9.17. The van der Waals surface area contributed by atoms with E-state index in [0.717, 1.165) is 16.6 Å². The fraction of sp³-hybridized carbons (Fsp3) is 0.250. The van der Waals surface area contributed by atoms with Crippen LogP contribution in [0.4, 0.5) is 11.4 Å². The van der Waals surface area contributed by atoms with Gasteiger partial charge >= 0.3 is 0 Å². The van der Waals surface area contributed by atoms with Gasteiger partial charge in [-0.2, -0.15) is 0 Å². The summed E-state index contributed by atoms with van der Waals surface area (Å²) < 4.78 is 1.07. The molecule has 2 aromatic carbocycles. The molecule has 0 aliphatic heterocycles. The molecule has 100 valence electrons. The number of rotatable bonds is 4. The molecule has 2 nitrogen and oxygen atoms in total. The lowest BCUT2D eigenvalue weighted by atomic mass is 10.1. The van der Waals surface area contributed by atoms with Gasteiger partial charge in [0.15, 0.2) is 0 Å². The largest absolute Gasteiger partial charge is 0.341 e. The van der Waals surface area contributed by atoms with Gasteiger partial charge in [-0.1, -0.05) is 39.7 Å². The van der Waals surface area contributed by atoms with Crippen LogP contribution in [0.3, 0.4) is 0 Å². The highest BCUT2D eigenvalue weighted by molar-refractivity contribution is 9.10. The van der Waals surface area contributed by atoms with E-state index in [-0.39, 0.29) is 0 Å². The third kappa shape index (κ3) is 2.99. The highest BCUT2D eigenvalue weighted by Crippen LogP contribution is 2.32. The third-order valence-electron chi connectivity index (χ3n) is 3.25. The Kier molecular flexibility index (Phi) is 4.61. The smallest absolute Gasteiger partial charge is 0.0467 e. The van der Waals surface area contributed by atoms with Gasteiger partial charge < -0.3 is 10.6 Å². The first-order valence-electron chi connectivity index (χ1n) is 6.49. The lowest BCUT2D eigenvalue weighted by Gasteiger charge is -2.26. The number of nitrogens with two attached hydrogens (primary N) is 1. The van der Waals surface area contributed by atoms with Gasteiger partial charge in [0, 0.05) is 34.5 Å². The molecule has 2 N–H and O–H groups in total. The summed E-state index contributed by atoms with van der Waals surface area (Å²) in [5.74, 6) is 0. The summed E-state index contributed by atoms with van der Waals surface area (Å²) in [6.45, 7) is 5.69. The molecule has 0 aliphatic rings. The average Bonchev–Trinajstić information content (AvgIpc) is 2.42. The van der Waals surface area contributed by atoms with Crippen molar-refractivity contribution in [2.45, 2.75) is 20.4 Å². The minimum atomic E-state index is 0.527. The molecule has 0 aliphatic carbocycles. The van der Waals surface area contributed by atoms with Gasteiger partial charge in [0.2, 0.25) is 0 Å². The maximum Gasteiger partial charge on any atom is 0.0467 e. The number of aryl methyl sites for hydroxylation is 1. The van der Waals surface area contributed by atoms with Gasteiger partial charge in [0.05, 0.1) is 0 Å². The van der Waals surface area contributed by atoms with Crippen LogP contribution in [0.15, 0.2) is 46.9 Å². The van der Waals surface area contributed by atoms with Crippen molar-refractivity contribution in [2.24, 2.45) is 5.73 Å². The molecule has 0 fully saturated rings. The number of benzene rings is 2. The molecular weight excluding hydrogens is 300 g/mol. The average molecular weight is 319 g/mol. The second-order valence-corrected chi connectivity index (χ2v) is 5.38. The molecule has 3 heteroatoms. The normalized spacial score (nSPS) is 10.5. The van der Waals surface area contributed by atoms with E-state index in [1.54, 1.807) is 0 Å². The summed E-state index contributed by atoms with van der Waals surface area (Å²) in [5.41, 5.74) is 10.7. The molecular formula is C16H19BrN2. The molecule has 0 saturated carbocycles. The maximum atomic E-state index is 5.89. The highest BCUT2D eigenvalue weighted by atomic mass is 79.9. The van der Waals surface area contributed by atoms with E-state index in [1.807, 2.05) is 6.07 Å². The number of nitrogens with zero attached hydrogens (tertiary/aromatic N) is 1. The SMILES string of the molecule is CCN(c1ccc(C)cc1)c1cccc(Br)c1CN. The highest BCUT2D eigenvalue weighted by Gasteiger charge is 2.12. The van der Waals surface area contributed by atoms with E-state index in [4.69, 9.17) is 5.73 Å². The molecule has 0 unspecified atom stereocenters. The molecule has 0 spiro atoms. The summed E-state index contributed by atoms with van der Waals surface area (Å²) in [6.07, 6.45) is 0. The fourth-order valence-corrected chi connectivity index (χ4v) is 2.74. The van der Waals surface area contributed by atoms with Crippen molar-refractivity contribution in [1.29, 1.82) is 0 Å². The monoisotopic (exact) mass is 318 g/mol. The molecule has 0 saturated heterocycles. The minimum Gasteiger partial charge on any atom is -0.341 e. The second kappa shape index (κ2) is 6.22. The first-order valence-corrected chi connectivity index (χ1v) is 7.28. The zero-order valence-corrected chi connectivity index (χ0v) is 12.9. The Morgan fingerprint density at radius 3 is 2.37 bits per heavy atom. The van der Waals surface area contributed by atoms with Crippen molar-refractivity contribution in [1.82, 2.24) is 0 Å². The Hall–Kier alpha value is -1.32. The van der Waals surface area contributed by atoms with Gasteiger partial charge in [-0.05, 0) is 38.1 Å². The fourth-order valence-electron chi connectivity index (χ4n) is 2.22. The van der Waals surface area contributed by atoms with E-state index in [0.29, 0.717) is 6.54 Å². The van der Waals surface area contributed by atoms with E-state index >= 15 is 0 Å². The second-order valence-electron chi connectivity index (χ2n) is 4.52. The number of hydrogen-bond donors (Lipinski definition) is 1. The molecule has 0 atom stereocenters. The summed E-state index contributed by atoms with van der Waals surface area (Å²) in [7, 11) is 0. The number of halogens is 1. The molecule has 19 heavy (non-hydrogen) atoms. The first kappa shape index (κ1) is 14.1. The van der Waals surface area contributed by atoms with Crippen molar-refractivity contribution in [3.8, 4) is 0 Å². The molecule has 0 amide bonds. The zero-order valence-electron chi connectivity index (χ0n) is 11.4. The van der Waals surface area contributed by atoms with Gasteiger partial charge in [0.25, 0.3) is 0 Å². The van der Waals surface area contributed by atoms with Crippen molar-refractivity contribution in [3.05, 3.63) is 58.1 Å². The van der Waals surface area contributed by atoms with Gasteiger partial charge in [-0.3, -0.25) is 0 Å². The quantitative estimate of drug-likeness (QED) is 0.906. The number of anilines is 2. The molecule has 0 aromatic heterocycles. The Morgan fingerprint density at radius 2 is 1.79 bits per heavy atom. The van der Waals surface area contributed by atoms with Crippen LogP contribution < -0.4 is 10.6 Å². The Bertz CT molecular complexity index is 549. The minimum absolute atomic E-state index is 0.527. The van der Waals surface area contributed by atoms with Crippen molar-refractivity contribution < 1.29 is 0 Å². The molecule has 2 rings (SSSR count). The molecule has 2 aromatic rings. The van der Waals surface area contributed by atoms with Crippen LogP contribution in [0.2, 0.25) is 0 Å². The maximum absolute atomic E-state index is 5.89. The topological polar surface area (TPSA) is 29.3 Å². The predicted molar refractivity (Wildman–Crippen MR) is 85.9 cm³/mol. The van der Waals surface area contributed by atoms with E-state index in [2.05, 4.69) is 71.1 Å². The summed E-state index contributed by atoms with van der Waals surface area (Å²) in [4.78, 5) is 2.28. The predicted octanol–water partition coefficient (Wildman–Crippen LogP) is 4.37. The molecule has 0 radical (unpaired) electrons. The Balaban J connectivity index is 2.48. The van der Waals surface area contributed by atoms with Crippen LogP contribution in [0.1, 0.15) is 18.1 Å². The number of hydrogen-bond acceptors (Lipinski definition) is 2. The summed E-state index contributed by atoms with van der Waals surface area (Å²) in [6, 6.07) is 14.8. The van der Waals surface area contributed by atoms with Crippen LogP contribution in [-0.4, -0.2) is 6.54 Å². The van der Waals surface area contributed by atoms with Crippen LogP contribution in [0.25, 0.3) is 0 Å². The van der Waals surface area contributed by atoms with Gasteiger partial charge in [0.1, 0.15) is 0 Å². The Morgan fingerprint density at radius 1 is 1.11 bits per heavy atom. The van der Waals surface area contributed by atoms with E-state index < -0.39 is 0 Å². The van der Waals surface area contributed by atoms with Crippen LogP contribution >= 0.6 is 15.9 Å². The van der Waals surface area contributed by atoms with Crippen molar-refractivity contribution >= 4 is 27.3 Å². The van der Waals surface area contributed by atoms with Crippen molar-refractivity contribution in [3.63, 3.8) is 0 Å². The van der Waals surface area contributed by atoms with Crippen molar-refractivity contribution in [2.75, 3.05) is 11.4 Å². The van der Waals surface area contributed by atoms with Crippen LogP contribution in [0.5, 0.6) is 0 Å². The summed E-state index contributed by atoms with van der Waals surface area (Å²) in [5, 5.41) is 0. The Labute approximate surface area is 123 Å². The van der Waals surface area contributed by atoms with Crippen LogP contribution in [0, 0.1) is 6.92 Å². The van der Waals surface area contributed by atoms with Crippen LogP contribution in [-0.2, 0) is 6.54 Å². The molecule has 0 heterocycles. The zero-order chi connectivity index (χ0) is 13.8. The lowest BCUT2D eigenvalue weighted by molar-refractivity contribution is 0.978.